The lowest BCUT2D eigenvalue weighted by molar-refractivity contribution is 0.953. The van der Waals surface area contributed by atoms with Crippen molar-refractivity contribution in [2.75, 3.05) is 0 Å². The number of nitrogens with zero attached hydrogens (tertiary/aromatic N) is 3. The number of aromatic nitrogens is 3. The molecule has 0 fully saturated rings. The van der Waals surface area contributed by atoms with Crippen LogP contribution < -0.4 is 0 Å². The zero-order valence-corrected chi connectivity index (χ0v) is 17.6. The van der Waals surface area contributed by atoms with Crippen molar-refractivity contribution in [1.82, 2.24) is 14.6 Å². The summed E-state index contributed by atoms with van der Waals surface area (Å²) in [6.07, 6.45) is 0. The van der Waals surface area contributed by atoms with Crippen LogP contribution in [0.5, 0.6) is 0 Å². The highest BCUT2D eigenvalue weighted by Gasteiger charge is 2.18. The van der Waals surface area contributed by atoms with Crippen LogP contribution in [0, 0.1) is 0 Å². The van der Waals surface area contributed by atoms with Crippen LogP contribution in [-0.4, -0.2) is 14.6 Å². The summed E-state index contributed by atoms with van der Waals surface area (Å²) in [5.41, 5.74) is 6.61. The molecule has 0 unspecified atom stereocenters. The van der Waals surface area contributed by atoms with E-state index < -0.39 is 0 Å². The SMILES string of the molecule is Clc1ccc(-c2nn3c(-c4ccccc4)cc(-c4ccccc4)nc3c2Br)cc1. The quantitative estimate of drug-likeness (QED) is 0.286. The zero-order valence-electron chi connectivity index (χ0n) is 15.3. The molecule has 0 aliphatic carbocycles. The van der Waals surface area contributed by atoms with Gasteiger partial charge in [-0.05, 0) is 34.1 Å². The maximum Gasteiger partial charge on any atom is 0.171 e. The van der Waals surface area contributed by atoms with Gasteiger partial charge in [0.15, 0.2) is 5.65 Å². The molecule has 0 saturated heterocycles. The standard InChI is InChI=1S/C24H15BrClN3/c25-22-23(18-11-13-19(26)14-12-18)28-29-21(17-9-5-2-6-10-17)15-20(27-24(22)29)16-7-3-1-4-8-16/h1-15H. The highest BCUT2D eigenvalue weighted by atomic mass is 79.9. The van der Waals surface area contributed by atoms with Gasteiger partial charge in [-0.3, -0.25) is 0 Å². The molecule has 3 nitrogen and oxygen atoms in total. The summed E-state index contributed by atoms with van der Waals surface area (Å²) in [6.45, 7) is 0. The van der Waals surface area contributed by atoms with Gasteiger partial charge in [-0.15, -0.1) is 0 Å². The first-order chi connectivity index (χ1) is 14.2. The highest BCUT2D eigenvalue weighted by molar-refractivity contribution is 9.10. The smallest absolute Gasteiger partial charge is 0.171 e. The van der Waals surface area contributed by atoms with E-state index in [2.05, 4.69) is 46.3 Å². The molecule has 3 aromatic carbocycles. The van der Waals surface area contributed by atoms with Crippen molar-refractivity contribution in [3.63, 3.8) is 0 Å². The highest BCUT2D eigenvalue weighted by Crippen LogP contribution is 2.35. The summed E-state index contributed by atoms with van der Waals surface area (Å²) < 4.78 is 2.75. The van der Waals surface area contributed by atoms with Crippen molar-refractivity contribution in [1.29, 1.82) is 0 Å². The topological polar surface area (TPSA) is 30.2 Å². The fourth-order valence-electron chi connectivity index (χ4n) is 3.36. The summed E-state index contributed by atoms with van der Waals surface area (Å²) in [5.74, 6) is 0. The molecule has 0 atom stereocenters. The van der Waals surface area contributed by atoms with Crippen molar-refractivity contribution in [2.24, 2.45) is 0 Å². The van der Waals surface area contributed by atoms with E-state index >= 15 is 0 Å². The number of benzene rings is 3. The summed E-state index contributed by atoms with van der Waals surface area (Å²) in [4.78, 5) is 4.92. The Hall–Kier alpha value is -2.95. The lowest BCUT2D eigenvalue weighted by atomic mass is 10.1. The molecule has 0 aliphatic heterocycles. The Morgan fingerprint density at radius 3 is 2.00 bits per heavy atom. The third-order valence-electron chi connectivity index (χ3n) is 4.79. The van der Waals surface area contributed by atoms with Crippen LogP contribution in [0.4, 0.5) is 0 Å². The zero-order chi connectivity index (χ0) is 19.8. The summed E-state index contributed by atoms with van der Waals surface area (Å²) in [5, 5.41) is 5.58. The van der Waals surface area contributed by atoms with Gasteiger partial charge in [0.25, 0.3) is 0 Å². The molecule has 2 aromatic heterocycles. The van der Waals surface area contributed by atoms with E-state index in [1.807, 2.05) is 65.2 Å². The molecular formula is C24H15BrClN3. The Bertz CT molecular complexity index is 1300. The fraction of sp³-hybridized carbons (Fsp3) is 0. The molecule has 5 heteroatoms. The minimum atomic E-state index is 0.697. The van der Waals surface area contributed by atoms with Gasteiger partial charge >= 0.3 is 0 Å². The van der Waals surface area contributed by atoms with E-state index in [-0.39, 0.29) is 0 Å². The molecule has 2 heterocycles. The number of hydrogen-bond acceptors (Lipinski definition) is 2. The predicted molar refractivity (Wildman–Crippen MR) is 122 cm³/mol. The maximum atomic E-state index is 6.06. The first-order valence-electron chi connectivity index (χ1n) is 9.17. The Balaban J connectivity index is 1.81. The van der Waals surface area contributed by atoms with Crippen LogP contribution in [0.15, 0.2) is 95.5 Å². The first kappa shape index (κ1) is 18.1. The monoisotopic (exact) mass is 459 g/mol. The van der Waals surface area contributed by atoms with E-state index in [1.54, 1.807) is 0 Å². The molecule has 0 radical (unpaired) electrons. The van der Waals surface area contributed by atoms with Gasteiger partial charge in [0, 0.05) is 21.7 Å². The minimum absolute atomic E-state index is 0.697. The summed E-state index contributed by atoms with van der Waals surface area (Å²) in [6, 6.07) is 30.2. The average Bonchev–Trinajstić information content (AvgIpc) is 3.11. The molecule has 0 aliphatic rings. The second kappa shape index (κ2) is 7.47. The van der Waals surface area contributed by atoms with E-state index in [4.69, 9.17) is 21.7 Å². The Labute approximate surface area is 181 Å². The van der Waals surface area contributed by atoms with E-state index in [0.29, 0.717) is 5.02 Å². The van der Waals surface area contributed by atoms with Crippen LogP contribution in [0.3, 0.4) is 0 Å². The van der Waals surface area contributed by atoms with Gasteiger partial charge in [-0.2, -0.15) is 5.10 Å². The molecule has 29 heavy (non-hydrogen) atoms. The van der Waals surface area contributed by atoms with Gasteiger partial charge in [-0.25, -0.2) is 9.50 Å². The number of hydrogen-bond donors (Lipinski definition) is 0. The Kier molecular flexibility index (Phi) is 4.66. The van der Waals surface area contributed by atoms with E-state index in [0.717, 1.165) is 43.9 Å². The first-order valence-corrected chi connectivity index (χ1v) is 10.3. The molecule has 5 rings (SSSR count). The number of halogens is 2. The average molecular weight is 461 g/mol. The number of rotatable bonds is 3. The van der Waals surface area contributed by atoms with Gasteiger partial charge in [0.1, 0.15) is 5.69 Å². The maximum absolute atomic E-state index is 6.06. The van der Waals surface area contributed by atoms with Crippen molar-refractivity contribution < 1.29 is 0 Å². The van der Waals surface area contributed by atoms with Gasteiger partial charge < -0.3 is 0 Å². The molecule has 0 amide bonds. The van der Waals surface area contributed by atoms with Gasteiger partial charge in [0.05, 0.1) is 15.9 Å². The van der Waals surface area contributed by atoms with Gasteiger partial charge in [-0.1, -0.05) is 84.4 Å². The Morgan fingerprint density at radius 1 is 0.724 bits per heavy atom. The van der Waals surface area contributed by atoms with E-state index in [1.165, 1.54) is 0 Å². The van der Waals surface area contributed by atoms with Crippen molar-refractivity contribution in [3.05, 3.63) is 100 Å². The van der Waals surface area contributed by atoms with Gasteiger partial charge in [0.2, 0.25) is 0 Å². The van der Waals surface area contributed by atoms with Crippen LogP contribution in [0.2, 0.25) is 5.02 Å². The van der Waals surface area contributed by atoms with Crippen LogP contribution >= 0.6 is 27.5 Å². The second-order valence-electron chi connectivity index (χ2n) is 6.66. The predicted octanol–water partition coefficient (Wildman–Crippen LogP) is 7.15. The molecular weight excluding hydrogens is 446 g/mol. The Morgan fingerprint density at radius 2 is 1.34 bits per heavy atom. The molecule has 0 spiro atoms. The third kappa shape index (κ3) is 3.35. The lowest BCUT2D eigenvalue weighted by Gasteiger charge is -2.08. The third-order valence-corrected chi connectivity index (χ3v) is 5.77. The second-order valence-corrected chi connectivity index (χ2v) is 7.89. The lowest BCUT2D eigenvalue weighted by Crippen LogP contribution is -1.98. The van der Waals surface area contributed by atoms with Crippen molar-refractivity contribution in [3.8, 4) is 33.8 Å². The normalized spacial score (nSPS) is 11.1. The van der Waals surface area contributed by atoms with E-state index in [9.17, 15) is 0 Å². The molecule has 0 saturated carbocycles. The van der Waals surface area contributed by atoms with Crippen LogP contribution in [-0.2, 0) is 0 Å². The largest absolute Gasteiger partial charge is 0.227 e. The van der Waals surface area contributed by atoms with Crippen LogP contribution in [0.1, 0.15) is 0 Å². The number of fused-ring (bicyclic) bond motifs is 1. The summed E-state index contributed by atoms with van der Waals surface area (Å²) >= 11 is 9.80. The summed E-state index contributed by atoms with van der Waals surface area (Å²) in [7, 11) is 0. The molecule has 0 N–H and O–H groups in total. The molecule has 5 aromatic rings. The van der Waals surface area contributed by atoms with Crippen LogP contribution in [0.25, 0.3) is 39.4 Å². The fourth-order valence-corrected chi connectivity index (χ4v) is 4.05. The molecule has 140 valence electrons. The van der Waals surface area contributed by atoms with Crippen molar-refractivity contribution >= 4 is 33.2 Å². The van der Waals surface area contributed by atoms with Crippen molar-refractivity contribution in [2.45, 2.75) is 0 Å². The molecule has 0 bridgehead atoms. The minimum Gasteiger partial charge on any atom is -0.227 e.